The summed E-state index contributed by atoms with van der Waals surface area (Å²) in [5.41, 5.74) is 2.86. The van der Waals surface area contributed by atoms with E-state index in [0.717, 1.165) is 47.5 Å². The highest BCUT2D eigenvalue weighted by Gasteiger charge is 2.02. The molecule has 0 aliphatic rings. The van der Waals surface area contributed by atoms with Crippen molar-refractivity contribution in [2.24, 2.45) is 0 Å². The zero-order valence-electron chi connectivity index (χ0n) is 15.0. The molecule has 7 heteroatoms. The first-order chi connectivity index (χ1) is 13.2. The van der Waals surface area contributed by atoms with E-state index in [2.05, 4.69) is 20.9 Å². The second-order valence-electron chi connectivity index (χ2n) is 5.91. The molecule has 1 heterocycles. The van der Waals surface area contributed by atoms with E-state index in [-0.39, 0.29) is 0 Å². The van der Waals surface area contributed by atoms with Gasteiger partial charge in [0.15, 0.2) is 5.11 Å². The summed E-state index contributed by atoms with van der Waals surface area (Å²) in [5.74, 6) is 0.816. The Kier molecular flexibility index (Phi) is 6.68. The van der Waals surface area contributed by atoms with Crippen LogP contribution in [0.25, 0.3) is 10.9 Å². The second kappa shape index (κ2) is 9.39. The standard InChI is InChI=1S/C20H21ClN4OS/c1-26-16-6-4-15(5-7-16)25-20(27)24-11-2-10-22-18-9-12-23-19-13-14(21)3-8-17(18)19/h3-9,12-13H,2,10-11H2,1H3,(H,22,23)(H2,24,25,27). The number of benzene rings is 2. The largest absolute Gasteiger partial charge is 0.497 e. The molecule has 3 N–H and O–H groups in total. The maximum Gasteiger partial charge on any atom is 0.170 e. The van der Waals surface area contributed by atoms with E-state index < -0.39 is 0 Å². The summed E-state index contributed by atoms with van der Waals surface area (Å²) < 4.78 is 5.14. The first-order valence-electron chi connectivity index (χ1n) is 8.63. The van der Waals surface area contributed by atoms with Gasteiger partial charge in [-0.15, -0.1) is 0 Å². The summed E-state index contributed by atoms with van der Waals surface area (Å²) in [6, 6.07) is 15.3. The molecule has 0 amide bonds. The van der Waals surface area contributed by atoms with Crippen molar-refractivity contribution in [1.82, 2.24) is 10.3 Å². The number of anilines is 2. The van der Waals surface area contributed by atoms with Crippen molar-refractivity contribution in [2.75, 3.05) is 30.8 Å². The summed E-state index contributed by atoms with van der Waals surface area (Å²) in [5, 5.41) is 12.2. The number of hydrogen-bond acceptors (Lipinski definition) is 4. The number of thiocarbonyl (C=S) groups is 1. The number of fused-ring (bicyclic) bond motifs is 1. The van der Waals surface area contributed by atoms with Crippen molar-refractivity contribution < 1.29 is 4.74 Å². The van der Waals surface area contributed by atoms with Crippen LogP contribution in [0.4, 0.5) is 11.4 Å². The lowest BCUT2D eigenvalue weighted by Crippen LogP contribution is -2.30. The minimum atomic E-state index is 0.601. The fraction of sp³-hybridized carbons (Fsp3) is 0.200. The van der Waals surface area contributed by atoms with Gasteiger partial charge >= 0.3 is 0 Å². The smallest absolute Gasteiger partial charge is 0.170 e. The van der Waals surface area contributed by atoms with Crippen LogP contribution in [0.3, 0.4) is 0 Å². The zero-order chi connectivity index (χ0) is 19.1. The number of nitrogens with zero attached hydrogens (tertiary/aromatic N) is 1. The Balaban J connectivity index is 1.42. The van der Waals surface area contributed by atoms with Crippen molar-refractivity contribution in [3.8, 4) is 5.75 Å². The highest BCUT2D eigenvalue weighted by molar-refractivity contribution is 7.80. The number of hydrogen-bond donors (Lipinski definition) is 3. The summed E-state index contributed by atoms with van der Waals surface area (Å²) in [7, 11) is 1.65. The number of halogens is 1. The van der Waals surface area contributed by atoms with E-state index in [1.54, 1.807) is 13.3 Å². The lowest BCUT2D eigenvalue weighted by atomic mass is 10.2. The average Bonchev–Trinajstić information content (AvgIpc) is 2.68. The van der Waals surface area contributed by atoms with Crippen LogP contribution >= 0.6 is 23.8 Å². The van der Waals surface area contributed by atoms with Crippen molar-refractivity contribution >= 4 is 51.2 Å². The van der Waals surface area contributed by atoms with Gasteiger partial charge in [-0.3, -0.25) is 4.98 Å². The number of rotatable bonds is 7. The molecule has 0 bridgehead atoms. The van der Waals surface area contributed by atoms with Gasteiger partial charge in [0.1, 0.15) is 5.75 Å². The Morgan fingerprint density at radius 2 is 1.93 bits per heavy atom. The highest BCUT2D eigenvalue weighted by Crippen LogP contribution is 2.24. The molecule has 3 rings (SSSR count). The Bertz CT molecular complexity index is 918. The van der Waals surface area contributed by atoms with Gasteiger partial charge in [-0.1, -0.05) is 11.6 Å². The van der Waals surface area contributed by atoms with Crippen LogP contribution in [0.5, 0.6) is 5.75 Å². The Hall–Kier alpha value is -2.57. The molecule has 2 aromatic carbocycles. The average molecular weight is 401 g/mol. The van der Waals surface area contributed by atoms with Gasteiger partial charge in [-0.25, -0.2) is 0 Å². The Labute approximate surface area is 169 Å². The van der Waals surface area contributed by atoms with Crippen LogP contribution in [0, 0.1) is 0 Å². The molecule has 0 atom stereocenters. The summed E-state index contributed by atoms with van der Waals surface area (Å²) >= 11 is 11.3. The lowest BCUT2D eigenvalue weighted by Gasteiger charge is -2.12. The predicted molar refractivity (Wildman–Crippen MR) is 117 cm³/mol. The molecule has 140 valence electrons. The summed E-state index contributed by atoms with van der Waals surface area (Å²) in [6.07, 6.45) is 2.70. The zero-order valence-corrected chi connectivity index (χ0v) is 16.5. The van der Waals surface area contributed by atoms with Crippen molar-refractivity contribution in [3.63, 3.8) is 0 Å². The molecular formula is C20H21ClN4OS. The molecule has 5 nitrogen and oxygen atoms in total. The molecule has 0 radical (unpaired) electrons. The second-order valence-corrected chi connectivity index (χ2v) is 6.75. The van der Waals surface area contributed by atoms with E-state index in [0.29, 0.717) is 10.1 Å². The molecule has 3 aromatic rings. The van der Waals surface area contributed by atoms with Gasteiger partial charge in [0, 0.05) is 41.1 Å². The van der Waals surface area contributed by atoms with E-state index >= 15 is 0 Å². The van der Waals surface area contributed by atoms with E-state index in [4.69, 9.17) is 28.6 Å². The van der Waals surface area contributed by atoms with Gasteiger partial charge in [0.2, 0.25) is 0 Å². The highest BCUT2D eigenvalue weighted by atomic mass is 35.5. The molecule has 0 unspecified atom stereocenters. The first kappa shape index (κ1) is 19.2. The maximum absolute atomic E-state index is 6.03. The fourth-order valence-corrected chi connectivity index (χ4v) is 3.02. The number of pyridine rings is 1. The van der Waals surface area contributed by atoms with E-state index in [1.165, 1.54) is 0 Å². The summed E-state index contributed by atoms with van der Waals surface area (Å²) in [6.45, 7) is 1.59. The molecule has 27 heavy (non-hydrogen) atoms. The monoisotopic (exact) mass is 400 g/mol. The third kappa shape index (κ3) is 5.45. The number of nitrogens with one attached hydrogen (secondary N) is 3. The van der Waals surface area contributed by atoms with Gasteiger partial charge in [0.25, 0.3) is 0 Å². The topological polar surface area (TPSA) is 58.2 Å². The van der Waals surface area contributed by atoms with Crippen LogP contribution < -0.4 is 20.7 Å². The Morgan fingerprint density at radius 1 is 1.11 bits per heavy atom. The SMILES string of the molecule is COc1ccc(NC(=S)NCCCNc2ccnc3cc(Cl)ccc23)cc1. The lowest BCUT2D eigenvalue weighted by molar-refractivity contribution is 0.415. The Morgan fingerprint density at radius 3 is 2.70 bits per heavy atom. The molecule has 0 aliphatic heterocycles. The molecule has 0 spiro atoms. The minimum Gasteiger partial charge on any atom is -0.497 e. The van der Waals surface area contributed by atoms with Gasteiger partial charge in [0.05, 0.1) is 12.6 Å². The van der Waals surface area contributed by atoms with Crippen LogP contribution in [0.1, 0.15) is 6.42 Å². The fourth-order valence-electron chi connectivity index (χ4n) is 2.64. The summed E-state index contributed by atoms with van der Waals surface area (Å²) in [4.78, 5) is 4.35. The normalized spacial score (nSPS) is 10.4. The maximum atomic E-state index is 6.03. The number of ether oxygens (including phenoxy) is 1. The molecular weight excluding hydrogens is 380 g/mol. The van der Waals surface area contributed by atoms with Gasteiger partial charge < -0.3 is 20.7 Å². The molecule has 1 aromatic heterocycles. The quantitative estimate of drug-likeness (QED) is 0.395. The third-order valence-electron chi connectivity index (χ3n) is 4.01. The van der Waals surface area contributed by atoms with Gasteiger partial charge in [-0.05, 0) is 67.2 Å². The molecule has 0 fully saturated rings. The van der Waals surface area contributed by atoms with Crippen LogP contribution in [0.15, 0.2) is 54.7 Å². The minimum absolute atomic E-state index is 0.601. The van der Waals surface area contributed by atoms with E-state index in [1.807, 2.05) is 48.5 Å². The van der Waals surface area contributed by atoms with Crippen LogP contribution in [-0.4, -0.2) is 30.3 Å². The first-order valence-corrected chi connectivity index (χ1v) is 9.41. The van der Waals surface area contributed by atoms with Crippen molar-refractivity contribution in [2.45, 2.75) is 6.42 Å². The molecule has 0 saturated carbocycles. The molecule has 0 saturated heterocycles. The number of aromatic nitrogens is 1. The third-order valence-corrected chi connectivity index (χ3v) is 4.49. The predicted octanol–water partition coefficient (Wildman–Crippen LogP) is 4.69. The van der Waals surface area contributed by atoms with Crippen LogP contribution in [0.2, 0.25) is 5.02 Å². The van der Waals surface area contributed by atoms with Crippen molar-refractivity contribution in [3.05, 3.63) is 59.8 Å². The van der Waals surface area contributed by atoms with Gasteiger partial charge in [-0.2, -0.15) is 0 Å². The van der Waals surface area contributed by atoms with Crippen molar-refractivity contribution in [1.29, 1.82) is 0 Å². The number of methoxy groups -OCH3 is 1. The van der Waals surface area contributed by atoms with E-state index in [9.17, 15) is 0 Å². The molecule has 0 aliphatic carbocycles. The van der Waals surface area contributed by atoms with Crippen LogP contribution in [-0.2, 0) is 0 Å².